The van der Waals surface area contributed by atoms with E-state index < -0.39 is 10.0 Å². The van der Waals surface area contributed by atoms with Gasteiger partial charge in [-0.2, -0.15) is 5.10 Å². The van der Waals surface area contributed by atoms with E-state index in [1.54, 1.807) is 13.1 Å². The maximum absolute atomic E-state index is 12.1. The molecule has 126 valence electrons. The van der Waals surface area contributed by atoms with Crippen LogP contribution in [0.25, 0.3) is 11.5 Å². The van der Waals surface area contributed by atoms with E-state index in [0.717, 1.165) is 29.3 Å². The first-order valence-electron chi connectivity index (χ1n) is 7.79. The van der Waals surface area contributed by atoms with Crippen molar-refractivity contribution in [2.75, 3.05) is 19.6 Å². The third-order valence-corrected chi connectivity index (χ3v) is 6.07. The maximum atomic E-state index is 12.1. The van der Waals surface area contributed by atoms with Crippen LogP contribution in [0.4, 0.5) is 0 Å². The summed E-state index contributed by atoms with van der Waals surface area (Å²) in [5, 5.41) is 6.73. The molecule has 1 saturated heterocycles. The molecule has 2 aromatic rings. The summed E-state index contributed by atoms with van der Waals surface area (Å²) in [4.78, 5) is 2.14. The number of aryl methyl sites for hydroxylation is 1. The quantitative estimate of drug-likeness (QED) is 0.833. The Labute approximate surface area is 136 Å². The number of rotatable bonds is 6. The molecule has 1 aliphatic rings. The van der Waals surface area contributed by atoms with E-state index in [1.807, 2.05) is 19.1 Å². The van der Waals surface area contributed by atoms with Gasteiger partial charge in [-0.3, -0.25) is 10.00 Å². The van der Waals surface area contributed by atoms with Gasteiger partial charge >= 0.3 is 0 Å². The molecule has 0 saturated carbocycles. The second-order valence-electron chi connectivity index (χ2n) is 5.87. The lowest BCUT2D eigenvalue weighted by Crippen LogP contribution is -2.36. The van der Waals surface area contributed by atoms with E-state index in [2.05, 4.69) is 19.8 Å². The van der Waals surface area contributed by atoms with Crippen LogP contribution < -0.4 is 4.72 Å². The van der Waals surface area contributed by atoms with Crippen molar-refractivity contribution in [3.8, 4) is 11.5 Å². The van der Waals surface area contributed by atoms with Crippen molar-refractivity contribution >= 4 is 10.0 Å². The van der Waals surface area contributed by atoms with Gasteiger partial charge in [0.1, 0.15) is 11.5 Å². The van der Waals surface area contributed by atoms with Gasteiger partial charge in [0.2, 0.25) is 10.0 Å². The zero-order valence-electron chi connectivity index (χ0n) is 13.4. The van der Waals surface area contributed by atoms with Crippen molar-refractivity contribution < 1.29 is 12.8 Å². The summed E-state index contributed by atoms with van der Waals surface area (Å²) < 4.78 is 32.4. The van der Waals surface area contributed by atoms with E-state index in [9.17, 15) is 8.42 Å². The predicted octanol–water partition coefficient (Wildman–Crippen LogP) is 1.49. The van der Waals surface area contributed by atoms with Crippen LogP contribution in [0, 0.1) is 6.92 Å². The number of nitrogens with zero attached hydrogens (tertiary/aromatic N) is 2. The second-order valence-corrected chi connectivity index (χ2v) is 7.91. The monoisotopic (exact) mass is 338 g/mol. The number of aromatic amines is 1. The molecule has 3 heterocycles. The van der Waals surface area contributed by atoms with Crippen molar-refractivity contribution in [3.63, 3.8) is 0 Å². The minimum Gasteiger partial charge on any atom is -0.460 e. The van der Waals surface area contributed by atoms with Gasteiger partial charge in [-0.25, -0.2) is 13.1 Å². The molecule has 0 unspecified atom stereocenters. The molecule has 0 aliphatic carbocycles. The molecule has 0 amide bonds. The Bertz CT molecular complexity index is 765. The lowest BCUT2D eigenvalue weighted by molar-refractivity contribution is 0.331. The van der Waals surface area contributed by atoms with Crippen molar-refractivity contribution in [1.82, 2.24) is 19.8 Å². The Morgan fingerprint density at radius 2 is 2.30 bits per heavy atom. The van der Waals surface area contributed by atoms with Gasteiger partial charge in [-0.1, -0.05) is 6.92 Å². The van der Waals surface area contributed by atoms with E-state index in [0.29, 0.717) is 26.1 Å². The van der Waals surface area contributed by atoms with Crippen LogP contribution in [-0.4, -0.2) is 48.4 Å². The van der Waals surface area contributed by atoms with Crippen LogP contribution in [0.3, 0.4) is 0 Å². The highest BCUT2D eigenvalue weighted by atomic mass is 32.2. The van der Waals surface area contributed by atoms with Gasteiger partial charge in [0.05, 0.1) is 11.4 Å². The highest BCUT2D eigenvalue weighted by molar-refractivity contribution is 7.90. The Morgan fingerprint density at radius 3 is 3.00 bits per heavy atom. The van der Waals surface area contributed by atoms with E-state index in [1.165, 1.54) is 0 Å². The van der Waals surface area contributed by atoms with Crippen molar-refractivity contribution in [1.29, 1.82) is 0 Å². The second kappa shape index (κ2) is 6.46. The fourth-order valence-corrected chi connectivity index (χ4v) is 4.43. The fraction of sp³-hybridized carbons (Fsp3) is 0.533. The summed E-state index contributed by atoms with van der Waals surface area (Å²) >= 11 is 0. The van der Waals surface area contributed by atoms with Gasteiger partial charge in [0.15, 0.2) is 5.76 Å². The average Bonchev–Trinajstić information content (AvgIpc) is 3.20. The molecule has 1 atom stereocenters. The number of likely N-dealkylation sites (tertiary alicyclic amines) is 1. The van der Waals surface area contributed by atoms with Crippen molar-refractivity contribution in [2.45, 2.75) is 32.1 Å². The van der Waals surface area contributed by atoms with Crippen LogP contribution in [0.15, 0.2) is 22.7 Å². The highest BCUT2D eigenvalue weighted by Crippen LogP contribution is 2.26. The Kier molecular flexibility index (Phi) is 4.56. The van der Waals surface area contributed by atoms with E-state index in [4.69, 9.17) is 4.42 Å². The molecule has 2 N–H and O–H groups in total. The summed E-state index contributed by atoms with van der Waals surface area (Å²) in [6, 6.07) is 3.82. The van der Waals surface area contributed by atoms with Gasteiger partial charge in [-0.05, 0) is 32.0 Å². The predicted molar refractivity (Wildman–Crippen MR) is 87.3 cm³/mol. The summed E-state index contributed by atoms with van der Waals surface area (Å²) in [6.07, 6.45) is 2.43. The van der Waals surface area contributed by atoms with Crippen LogP contribution in [0.2, 0.25) is 0 Å². The number of aromatic nitrogens is 2. The molecule has 3 rings (SSSR count). The zero-order chi connectivity index (χ0) is 16.4. The standard InChI is InChI=1S/C15H22N4O3S/c1-3-17-23(20,21)13-6-7-19(10-13)9-12-8-16-18-15(12)14-5-4-11(2)22-14/h4-5,8,13,17H,3,6-7,9-10H2,1-2H3,(H,16,18)/t13-/m1/s1. The zero-order valence-corrected chi connectivity index (χ0v) is 14.2. The molecule has 1 aliphatic heterocycles. The molecule has 2 aromatic heterocycles. The first kappa shape index (κ1) is 16.2. The smallest absolute Gasteiger partial charge is 0.215 e. The molecule has 23 heavy (non-hydrogen) atoms. The largest absolute Gasteiger partial charge is 0.460 e. The third-order valence-electron chi connectivity index (χ3n) is 4.11. The number of furan rings is 1. The van der Waals surface area contributed by atoms with E-state index >= 15 is 0 Å². The topological polar surface area (TPSA) is 91.2 Å². The average molecular weight is 338 g/mol. The molecular weight excluding hydrogens is 316 g/mol. The number of nitrogens with one attached hydrogen (secondary N) is 2. The Morgan fingerprint density at radius 1 is 1.48 bits per heavy atom. The maximum Gasteiger partial charge on any atom is 0.215 e. The van der Waals surface area contributed by atoms with Crippen LogP contribution >= 0.6 is 0 Å². The Hall–Kier alpha value is -1.64. The minimum atomic E-state index is -3.21. The summed E-state index contributed by atoms with van der Waals surface area (Å²) in [5.74, 6) is 1.60. The fourth-order valence-electron chi connectivity index (χ4n) is 2.97. The summed E-state index contributed by atoms with van der Waals surface area (Å²) in [5.41, 5.74) is 1.87. The van der Waals surface area contributed by atoms with Crippen molar-refractivity contribution in [3.05, 3.63) is 29.7 Å². The van der Waals surface area contributed by atoms with Crippen LogP contribution in [-0.2, 0) is 16.6 Å². The summed E-state index contributed by atoms with van der Waals surface area (Å²) in [6.45, 7) is 6.09. The molecule has 7 nitrogen and oxygen atoms in total. The minimum absolute atomic E-state index is 0.344. The molecule has 0 spiro atoms. The number of H-pyrrole nitrogens is 1. The normalized spacial score (nSPS) is 19.5. The van der Waals surface area contributed by atoms with Crippen LogP contribution in [0.5, 0.6) is 0 Å². The Balaban J connectivity index is 1.69. The first-order chi connectivity index (χ1) is 11.0. The van der Waals surface area contributed by atoms with Crippen LogP contribution in [0.1, 0.15) is 24.7 Å². The molecular formula is C15H22N4O3S. The lowest BCUT2D eigenvalue weighted by atomic mass is 10.2. The molecule has 0 aromatic carbocycles. The number of sulfonamides is 1. The molecule has 0 bridgehead atoms. The van der Waals surface area contributed by atoms with Gasteiger partial charge in [0, 0.05) is 25.2 Å². The third kappa shape index (κ3) is 3.49. The lowest BCUT2D eigenvalue weighted by Gasteiger charge is -2.16. The van der Waals surface area contributed by atoms with E-state index in [-0.39, 0.29) is 5.25 Å². The molecule has 0 radical (unpaired) electrons. The SMILES string of the molecule is CCNS(=O)(=O)[C@@H]1CCN(Cc2cn[nH]c2-c2ccc(C)o2)C1. The molecule has 1 fully saturated rings. The first-order valence-corrected chi connectivity index (χ1v) is 9.34. The van der Waals surface area contributed by atoms with Crippen molar-refractivity contribution in [2.24, 2.45) is 0 Å². The number of hydrogen-bond donors (Lipinski definition) is 2. The van der Waals surface area contributed by atoms with Gasteiger partial charge < -0.3 is 4.42 Å². The summed E-state index contributed by atoms with van der Waals surface area (Å²) in [7, 11) is -3.21. The number of hydrogen-bond acceptors (Lipinski definition) is 5. The highest BCUT2D eigenvalue weighted by Gasteiger charge is 2.32. The van der Waals surface area contributed by atoms with Gasteiger partial charge in [0.25, 0.3) is 0 Å². The molecule has 8 heteroatoms. The van der Waals surface area contributed by atoms with Gasteiger partial charge in [-0.15, -0.1) is 0 Å².